The van der Waals surface area contributed by atoms with E-state index in [2.05, 4.69) is 23.2 Å². The molecule has 0 saturated carbocycles. The number of fused-ring (bicyclic) bond motifs is 2. The molecule has 0 atom stereocenters. The minimum Gasteiger partial charge on any atom is -0.490 e. The zero-order valence-corrected chi connectivity index (χ0v) is 20.2. The average Bonchev–Trinajstić information content (AvgIpc) is 3.10. The minimum absolute atomic E-state index is 0.0692. The lowest BCUT2D eigenvalue weighted by Gasteiger charge is -2.34. The summed E-state index contributed by atoms with van der Waals surface area (Å²) in [6, 6.07) is 5.83. The van der Waals surface area contributed by atoms with Crippen LogP contribution in [0.5, 0.6) is 11.5 Å². The second-order valence-electron chi connectivity index (χ2n) is 8.31. The van der Waals surface area contributed by atoms with Crippen LogP contribution in [-0.2, 0) is 22.4 Å². The van der Waals surface area contributed by atoms with Gasteiger partial charge in [0.05, 0.1) is 30.4 Å². The van der Waals surface area contributed by atoms with Crippen molar-refractivity contribution >= 4 is 17.6 Å². The molecule has 2 aliphatic rings. The maximum atomic E-state index is 14.0. The number of rotatable bonds is 6. The number of carboxylic acids is 2. The van der Waals surface area contributed by atoms with Crippen molar-refractivity contribution < 1.29 is 38.1 Å². The van der Waals surface area contributed by atoms with E-state index in [-0.39, 0.29) is 12.2 Å². The van der Waals surface area contributed by atoms with Gasteiger partial charge >= 0.3 is 11.9 Å². The fraction of sp³-hybridized carbons (Fsp3) is 0.346. The van der Waals surface area contributed by atoms with Gasteiger partial charge in [-0.2, -0.15) is 5.26 Å². The van der Waals surface area contributed by atoms with E-state index in [1.54, 1.807) is 6.07 Å². The van der Waals surface area contributed by atoms with Crippen LogP contribution in [-0.4, -0.2) is 61.5 Å². The van der Waals surface area contributed by atoms with Gasteiger partial charge in [0.2, 0.25) is 0 Å². The Bertz CT molecular complexity index is 1200. The highest BCUT2D eigenvalue weighted by Crippen LogP contribution is 2.39. The Hall–Kier alpha value is -4.17. The number of aliphatic carboxylic acids is 2. The molecule has 0 amide bonds. The summed E-state index contributed by atoms with van der Waals surface area (Å²) in [5, 5.41) is 27.9. The molecule has 2 heterocycles. The monoisotopic (exact) mass is 515 g/mol. The number of halogens is 2. The standard InChI is InChI=1S/C22H23F2N3O2.C4H4O4/c1-14-17-3-5-26-4-2-16(17)12-20-21(14)27(6-8-28-20)7-9-29-22-18(23)10-15(13-25)11-19(22)24;5-3(6)1-2-4(7)8/h10-12,26H,2-9H2,1H3;1-2H,(H,5,6)(H,7,8)/b;2-1+. The van der Waals surface area contributed by atoms with Crippen LogP contribution in [0, 0.1) is 29.9 Å². The van der Waals surface area contributed by atoms with E-state index in [0.29, 0.717) is 31.8 Å². The predicted octanol–water partition coefficient (Wildman–Crippen LogP) is 2.82. The Morgan fingerprint density at radius 2 is 1.81 bits per heavy atom. The predicted molar refractivity (Wildman–Crippen MR) is 130 cm³/mol. The number of hydrogen-bond donors (Lipinski definition) is 3. The van der Waals surface area contributed by atoms with E-state index in [0.717, 1.165) is 49.5 Å². The van der Waals surface area contributed by atoms with E-state index >= 15 is 0 Å². The summed E-state index contributed by atoms with van der Waals surface area (Å²) < 4.78 is 39.4. The van der Waals surface area contributed by atoms with E-state index in [9.17, 15) is 18.4 Å². The van der Waals surface area contributed by atoms with Gasteiger partial charge in [0.15, 0.2) is 17.4 Å². The van der Waals surface area contributed by atoms with Crippen molar-refractivity contribution in [1.82, 2.24) is 5.32 Å². The van der Waals surface area contributed by atoms with Gasteiger partial charge in [-0.3, -0.25) is 0 Å². The molecule has 2 aliphatic heterocycles. The van der Waals surface area contributed by atoms with E-state index in [1.807, 2.05) is 0 Å². The first-order valence-electron chi connectivity index (χ1n) is 11.6. The van der Waals surface area contributed by atoms with Crippen LogP contribution in [0.15, 0.2) is 30.4 Å². The molecule has 0 saturated heterocycles. The molecule has 2 aromatic rings. The fourth-order valence-corrected chi connectivity index (χ4v) is 4.28. The molecule has 0 aliphatic carbocycles. The van der Waals surface area contributed by atoms with Crippen LogP contribution >= 0.6 is 0 Å². The molecule has 11 heteroatoms. The number of carboxylic acid groups (broad SMARTS) is 2. The molecule has 0 radical (unpaired) electrons. The van der Waals surface area contributed by atoms with Crippen molar-refractivity contribution in [2.45, 2.75) is 19.8 Å². The van der Waals surface area contributed by atoms with Crippen LogP contribution in [0.1, 0.15) is 22.3 Å². The molecule has 0 aromatic heterocycles. The molecule has 0 bridgehead atoms. The van der Waals surface area contributed by atoms with Crippen LogP contribution in [0.3, 0.4) is 0 Å². The lowest BCUT2D eigenvalue weighted by atomic mass is 9.94. The Balaban J connectivity index is 0.000000414. The lowest BCUT2D eigenvalue weighted by Crippen LogP contribution is -2.36. The summed E-state index contributed by atoms with van der Waals surface area (Å²) in [5.41, 5.74) is 4.86. The van der Waals surface area contributed by atoms with Gasteiger partial charge in [-0.25, -0.2) is 18.4 Å². The highest BCUT2D eigenvalue weighted by atomic mass is 19.1. The van der Waals surface area contributed by atoms with Crippen molar-refractivity contribution in [2.75, 3.05) is 44.3 Å². The molecular formula is C26H27F2N3O6. The van der Waals surface area contributed by atoms with E-state index in [1.165, 1.54) is 16.7 Å². The number of nitrogens with zero attached hydrogens (tertiary/aromatic N) is 2. The third kappa shape index (κ3) is 7.17. The molecule has 0 unspecified atom stereocenters. The first-order chi connectivity index (χ1) is 17.7. The van der Waals surface area contributed by atoms with Gasteiger partial charge in [-0.05, 0) is 67.7 Å². The fourth-order valence-electron chi connectivity index (χ4n) is 4.28. The number of hydrogen-bond acceptors (Lipinski definition) is 7. The van der Waals surface area contributed by atoms with E-state index in [4.69, 9.17) is 24.9 Å². The Kier molecular flexibility index (Phi) is 9.40. The van der Waals surface area contributed by atoms with Gasteiger partial charge in [0.1, 0.15) is 19.0 Å². The Morgan fingerprint density at radius 3 is 2.43 bits per heavy atom. The number of ether oxygens (including phenoxy) is 2. The maximum absolute atomic E-state index is 14.0. The summed E-state index contributed by atoms with van der Waals surface area (Å²) in [5.74, 6) is -3.82. The molecule has 3 N–H and O–H groups in total. The number of carbonyl (C=O) groups is 2. The van der Waals surface area contributed by atoms with Crippen LogP contribution in [0.4, 0.5) is 14.5 Å². The Morgan fingerprint density at radius 1 is 1.16 bits per heavy atom. The van der Waals surface area contributed by atoms with Gasteiger partial charge in [-0.15, -0.1) is 0 Å². The molecule has 0 spiro atoms. The average molecular weight is 516 g/mol. The molecule has 4 rings (SSSR count). The first-order valence-corrected chi connectivity index (χ1v) is 11.6. The number of nitrogens with one attached hydrogen (secondary N) is 1. The van der Waals surface area contributed by atoms with Crippen molar-refractivity contribution in [3.05, 3.63) is 64.2 Å². The minimum atomic E-state index is -1.26. The quantitative estimate of drug-likeness (QED) is 0.497. The summed E-state index contributed by atoms with van der Waals surface area (Å²) >= 11 is 0. The molecule has 196 valence electrons. The highest BCUT2D eigenvalue weighted by molar-refractivity contribution is 5.89. The number of nitriles is 1. The molecule has 9 nitrogen and oxygen atoms in total. The molecule has 37 heavy (non-hydrogen) atoms. The van der Waals surface area contributed by atoms with Gasteiger partial charge < -0.3 is 29.9 Å². The highest BCUT2D eigenvalue weighted by Gasteiger charge is 2.25. The second-order valence-corrected chi connectivity index (χ2v) is 8.31. The van der Waals surface area contributed by atoms with Crippen molar-refractivity contribution in [3.8, 4) is 17.6 Å². The Labute approximate surface area is 212 Å². The zero-order valence-electron chi connectivity index (χ0n) is 20.2. The first kappa shape index (κ1) is 27.4. The smallest absolute Gasteiger partial charge is 0.328 e. The third-order valence-electron chi connectivity index (χ3n) is 5.90. The largest absolute Gasteiger partial charge is 0.490 e. The topological polar surface area (TPSA) is 132 Å². The van der Waals surface area contributed by atoms with Gasteiger partial charge in [0, 0.05) is 12.2 Å². The SMILES string of the molecule is Cc1c2c(cc3c1N(CCOc1c(F)cc(C#N)cc1F)CCO3)CCNCC2.O=C(O)/C=C/C(=O)O. The van der Waals surface area contributed by atoms with Crippen LogP contribution < -0.4 is 19.7 Å². The molecule has 0 fully saturated rings. The number of anilines is 1. The van der Waals surface area contributed by atoms with Gasteiger partial charge in [0.25, 0.3) is 0 Å². The van der Waals surface area contributed by atoms with Crippen molar-refractivity contribution in [1.29, 1.82) is 5.26 Å². The summed E-state index contributed by atoms with van der Waals surface area (Å²) in [7, 11) is 0. The summed E-state index contributed by atoms with van der Waals surface area (Å²) in [6.45, 7) is 5.88. The normalized spacial score (nSPS) is 14.3. The number of benzene rings is 2. The summed E-state index contributed by atoms with van der Waals surface area (Å²) in [4.78, 5) is 21.3. The van der Waals surface area contributed by atoms with E-state index < -0.39 is 29.3 Å². The van der Waals surface area contributed by atoms with Crippen molar-refractivity contribution in [2.24, 2.45) is 0 Å². The van der Waals surface area contributed by atoms with Crippen molar-refractivity contribution in [3.63, 3.8) is 0 Å². The summed E-state index contributed by atoms with van der Waals surface area (Å²) in [6.07, 6.45) is 3.07. The van der Waals surface area contributed by atoms with Crippen LogP contribution in [0.25, 0.3) is 0 Å². The molecule has 2 aromatic carbocycles. The third-order valence-corrected chi connectivity index (χ3v) is 5.90. The second kappa shape index (κ2) is 12.7. The zero-order chi connectivity index (χ0) is 26.9. The lowest BCUT2D eigenvalue weighted by molar-refractivity contribution is -0.134. The maximum Gasteiger partial charge on any atom is 0.328 e. The van der Waals surface area contributed by atoms with Crippen LogP contribution in [0.2, 0.25) is 0 Å². The molecular weight excluding hydrogens is 488 g/mol. The van der Waals surface area contributed by atoms with Gasteiger partial charge in [-0.1, -0.05) is 0 Å².